The molecule has 0 saturated heterocycles. The first-order valence-corrected chi connectivity index (χ1v) is 8.48. The van der Waals surface area contributed by atoms with Gasteiger partial charge in [0.05, 0.1) is 0 Å². The van der Waals surface area contributed by atoms with Gasteiger partial charge in [-0.15, -0.1) is 0 Å². The lowest BCUT2D eigenvalue weighted by atomic mass is 9.95. The molecule has 4 nitrogen and oxygen atoms in total. The first-order chi connectivity index (χ1) is 11.9. The molecule has 2 aromatic carbocycles. The van der Waals surface area contributed by atoms with E-state index in [2.05, 4.69) is 31.0 Å². The number of aromatic nitrogens is 1. The minimum Gasteiger partial charge on any atom is -0.508 e. The number of hydrogen-bond donors (Lipinski definition) is 2. The maximum atomic E-state index is 10.3. The summed E-state index contributed by atoms with van der Waals surface area (Å²) in [5, 5.41) is 20.4. The molecule has 0 aliphatic carbocycles. The zero-order chi connectivity index (χ0) is 18.1. The fourth-order valence-electron chi connectivity index (χ4n) is 2.91. The number of benzene rings is 2. The molecule has 4 heteroatoms. The highest BCUT2D eigenvalue weighted by Crippen LogP contribution is 2.41. The predicted molar refractivity (Wildman–Crippen MR) is 98.9 cm³/mol. The van der Waals surface area contributed by atoms with Crippen molar-refractivity contribution in [3.63, 3.8) is 0 Å². The van der Waals surface area contributed by atoms with Gasteiger partial charge in [-0.2, -0.15) is 0 Å². The van der Waals surface area contributed by atoms with Crippen LogP contribution in [0.1, 0.15) is 50.7 Å². The van der Waals surface area contributed by atoms with E-state index >= 15 is 0 Å². The Kier molecular flexibility index (Phi) is 4.53. The Hall–Kier alpha value is -2.75. The minimum atomic E-state index is -0.0177. The fourth-order valence-corrected chi connectivity index (χ4v) is 2.91. The number of aromatic hydroxyl groups is 2. The SMILES string of the molecule is CC(C)c1ccc(-c2ocnc2-c2cc(C(C)C)c(O)cc2O)cc1. The average molecular weight is 337 g/mol. The van der Waals surface area contributed by atoms with Crippen molar-refractivity contribution in [1.29, 1.82) is 0 Å². The smallest absolute Gasteiger partial charge is 0.182 e. The van der Waals surface area contributed by atoms with E-state index < -0.39 is 0 Å². The third-order valence-corrected chi connectivity index (χ3v) is 4.43. The van der Waals surface area contributed by atoms with Crippen molar-refractivity contribution in [2.24, 2.45) is 0 Å². The maximum absolute atomic E-state index is 10.3. The third kappa shape index (κ3) is 3.25. The Bertz CT molecular complexity index is 877. The van der Waals surface area contributed by atoms with Crippen LogP contribution in [0.25, 0.3) is 22.6 Å². The second-order valence-electron chi connectivity index (χ2n) is 6.89. The molecule has 0 atom stereocenters. The summed E-state index contributed by atoms with van der Waals surface area (Å²) < 4.78 is 5.61. The monoisotopic (exact) mass is 337 g/mol. The minimum absolute atomic E-state index is 0.0177. The Morgan fingerprint density at radius 2 is 1.56 bits per heavy atom. The molecule has 3 rings (SSSR count). The van der Waals surface area contributed by atoms with E-state index in [-0.39, 0.29) is 17.4 Å². The molecule has 0 spiro atoms. The van der Waals surface area contributed by atoms with Crippen LogP contribution in [0.4, 0.5) is 0 Å². The molecule has 1 heterocycles. The lowest BCUT2D eigenvalue weighted by Gasteiger charge is -2.12. The highest BCUT2D eigenvalue weighted by atomic mass is 16.3. The lowest BCUT2D eigenvalue weighted by molar-refractivity contribution is 0.445. The molecule has 0 unspecified atom stereocenters. The van der Waals surface area contributed by atoms with Crippen molar-refractivity contribution >= 4 is 0 Å². The maximum Gasteiger partial charge on any atom is 0.182 e. The van der Waals surface area contributed by atoms with Crippen LogP contribution in [0.15, 0.2) is 47.2 Å². The van der Waals surface area contributed by atoms with E-state index in [0.717, 1.165) is 11.1 Å². The van der Waals surface area contributed by atoms with Crippen molar-refractivity contribution in [2.75, 3.05) is 0 Å². The summed E-state index contributed by atoms with van der Waals surface area (Å²) >= 11 is 0. The van der Waals surface area contributed by atoms with E-state index in [1.165, 1.54) is 18.0 Å². The normalized spacial score (nSPS) is 11.4. The van der Waals surface area contributed by atoms with Crippen molar-refractivity contribution in [1.82, 2.24) is 4.98 Å². The van der Waals surface area contributed by atoms with Gasteiger partial charge in [-0.1, -0.05) is 52.0 Å². The summed E-state index contributed by atoms with van der Waals surface area (Å²) in [7, 11) is 0. The first-order valence-electron chi connectivity index (χ1n) is 8.48. The van der Waals surface area contributed by atoms with E-state index in [9.17, 15) is 10.2 Å². The van der Waals surface area contributed by atoms with E-state index in [1.807, 2.05) is 26.0 Å². The van der Waals surface area contributed by atoms with Gasteiger partial charge in [-0.05, 0) is 29.0 Å². The van der Waals surface area contributed by atoms with Gasteiger partial charge >= 0.3 is 0 Å². The standard InChI is InChI=1S/C21H23NO3/c1-12(2)14-5-7-15(8-6-14)21-20(22-11-25-21)17-9-16(13(3)4)18(23)10-19(17)24/h5-13,23-24H,1-4H3. The van der Waals surface area contributed by atoms with Crippen LogP contribution in [0.2, 0.25) is 0 Å². The molecule has 130 valence electrons. The quantitative estimate of drug-likeness (QED) is 0.644. The van der Waals surface area contributed by atoms with E-state index in [4.69, 9.17) is 4.42 Å². The molecule has 0 aliphatic rings. The molecule has 0 amide bonds. The second-order valence-corrected chi connectivity index (χ2v) is 6.89. The number of rotatable bonds is 4. The van der Waals surface area contributed by atoms with Gasteiger partial charge in [-0.25, -0.2) is 4.98 Å². The van der Waals surface area contributed by atoms with E-state index in [0.29, 0.717) is 22.9 Å². The van der Waals surface area contributed by atoms with Crippen LogP contribution in [0.3, 0.4) is 0 Å². The molecule has 2 N–H and O–H groups in total. The van der Waals surface area contributed by atoms with Crippen molar-refractivity contribution in [2.45, 2.75) is 39.5 Å². The van der Waals surface area contributed by atoms with E-state index in [1.54, 1.807) is 6.07 Å². The molecule has 3 aromatic rings. The summed E-state index contributed by atoms with van der Waals surface area (Å²) in [6.07, 6.45) is 1.38. The predicted octanol–water partition coefficient (Wildman–Crippen LogP) is 5.67. The van der Waals surface area contributed by atoms with Crippen LogP contribution >= 0.6 is 0 Å². The van der Waals surface area contributed by atoms with Gasteiger partial charge in [-0.3, -0.25) is 0 Å². The lowest BCUT2D eigenvalue weighted by Crippen LogP contribution is -1.92. The number of hydrogen-bond acceptors (Lipinski definition) is 4. The average Bonchev–Trinajstić information content (AvgIpc) is 3.04. The molecular weight excluding hydrogens is 314 g/mol. The molecule has 0 radical (unpaired) electrons. The van der Waals surface area contributed by atoms with Crippen LogP contribution < -0.4 is 0 Å². The molecule has 0 aliphatic heterocycles. The summed E-state index contributed by atoms with van der Waals surface area (Å²) in [4.78, 5) is 4.30. The molecular formula is C21H23NO3. The Morgan fingerprint density at radius 1 is 0.880 bits per heavy atom. The zero-order valence-corrected chi connectivity index (χ0v) is 14.9. The number of oxazole rings is 1. The molecule has 0 bridgehead atoms. The largest absolute Gasteiger partial charge is 0.508 e. The molecule has 1 aromatic heterocycles. The summed E-state index contributed by atoms with van der Waals surface area (Å²) in [6.45, 7) is 8.28. The summed E-state index contributed by atoms with van der Waals surface area (Å²) in [6, 6.07) is 11.3. The van der Waals surface area contributed by atoms with Gasteiger partial charge in [0, 0.05) is 17.2 Å². The Balaban J connectivity index is 2.09. The third-order valence-electron chi connectivity index (χ3n) is 4.43. The topological polar surface area (TPSA) is 66.5 Å². The van der Waals surface area contributed by atoms with Gasteiger partial charge in [0.15, 0.2) is 12.2 Å². The van der Waals surface area contributed by atoms with Gasteiger partial charge in [0.2, 0.25) is 0 Å². The molecule has 25 heavy (non-hydrogen) atoms. The fraction of sp³-hybridized carbons (Fsp3) is 0.286. The highest BCUT2D eigenvalue weighted by molar-refractivity contribution is 5.81. The first kappa shape index (κ1) is 17.1. The van der Waals surface area contributed by atoms with Crippen LogP contribution in [0.5, 0.6) is 11.5 Å². The number of nitrogens with zero attached hydrogens (tertiary/aromatic N) is 1. The van der Waals surface area contributed by atoms with Crippen molar-refractivity contribution in [3.8, 4) is 34.1 Å². The molecule has 0 saturated carbocycles. The Labute approximate surface area is 147 Å². The van der Waals surface area contributed by atoms with Gasteiger partial charge in [0.25, 0.3) is 0 Å². The van der Waals surface area contributed by atoms with Crippen molar-refractivity contribution in [3.05, 3.63) is 53.9 Å². The summed E-state index contributed by atoms with van der Waals surface area (Å²) in [5.74, 6) is 1.25. The second kappa shape index (κ2) is 6.63. The summed E-state index contributed by atoms with van der Waals surface area (Å²) in [5.41, 5.74) is 4.03. The van der Waals surface area contributed by atoms with Crippen LogP contribution in [-0.4, -0.2) is 15.2 Å². The van der Waals surface area contributed by atoms with Gasteiger partial charge < -0.3 is 14.6 Å². The Morgan fingerprint density at radius 3 is 2.16 bits per heavy atom. The molecule has 0 fully saturated rings. The van der Waals surface area contributed by atoms with Crippen molar-refractivity contribution < 1.29 is 14.6 Å². The zero-order valence-electron chi connectivity index (χ0n) is 14.9. The van der Waals surface area contributed by atoms with Crippen LogP contribution in [0, 0.1) is 0 Å². The van der Waals surface area contributed by atoms with Crippen LogP contribution in [-0.2, 0) is 0 Å². The number of phenols is 2. The van der Waals surface area contributed by atoms with Gasteiger partial charge in [0.1, 0.15) is 17.2 Å². The number of phenolic OH excluding ortho intramolecular Hbond substituents is 2. The highest BCUT2D eigenvalue weighted by Gasteiger charge is 2.19.